The average molecular weight is 530 g/mol. The van der Waals surface area contributed by atoms with Crippen molar-refractivity contribution in [3.8, 4) is 0 Å². The van der Waals surface area contributed by atoms with Crippen molar-refractivity contribution in [2.45, 2.75) is 55.1 Å². The number of imidazole rings is 1. The van der Waals surface area contributed by atoms with Crippen LogP contribution in [0.3, 0.4) is 0 Å². The van der Waals surface area contributed by atoms with Crippen molar-refractivity contribution in [1.82, 2.24) is 13.9 Å². The molecule has 0 N–H and O–H groups in total. The maximum Gasteiger partial charge on any atom is 0.243 e. The van der Waals surface area contributed by atoms with Gasteiger partial charge in [-0.25, -0.2) is 22.2 Å². The molecule has 0 aliphatic carbocycles. The largest absolute Gasteiger partial charge is 0.376 e. The molecule has 1 aliphatic heterocycles. The maximum absolute atomic E-state index is 14.3. The lowest BCUT2D eigenvalue weighted by Gasteiger charge is -2.18. The van der Waals surface area contributed by atoms with Crippen LogP contribution in [0, 0.1) is 11.6 Å². The molecule has 2 aromatic carbocycles. The van der Waals surface area contributed by atoms with Crippen LogP contribution in [0.15, 0.2) is 40.4 Å². The molecule has 11 heteroatoms. The Balaban J connectivity index is 1.73. The number of thioether (sulfide) groups is 1. The van der Waals surface area contributed by atoms with Crippen LogP contribution in [0.2, 0.25) is 5.02 Å². The number of fused-ring (bicyclic) bond motifs is 1. The average Bonchev–Trinajstić information content (AvgIpc) is 3.45. The quantitative estimate of drug-likeness (QED) is 0.272. The van der Waals surface area contributed by atoms with Crippen molar-refractivity contribution in [2.24, 2.45) is 0 Å². The van der Waals surface area contributed by atoms with Crippen LogP contribution in [0.25, 0.3) is 11.0 Å². The number of halogens is 3. The van der Waals surface area contributed by atoms with E-state index in [-0.39, 0.29) is 27.3 Å². The van der Waals surface area contributed by atoms with E-state index in [1.165, 1.54) is 16.1 Å². The van der Waals surface area contributed by atoms with Gasteiger partial charge >= 0.3 is 0 Å². The lowest BCUT2D eigenvalue weighted by molar-refractivity contribution is 0.0960. The van der Waals surface area contributed by atoms with Gasteiger partial charge in [-0.05, 0) is 43.2 Å². The molecule has 2 heterocycles. The molecule has 3 aromatic rings. The van der Waals surface area contributed by atoms with Gasteiger partial charge in [-0.1, -0.05) is 37.2 Å². The molecule has 1 saturated heterocycles. The zero-order valence-electron chi connectivity index (χ0n) is 18.9. The van der Waals surface area contributed by atoms with E-state index in [2.05, 4.69) is 4.98 Å². The molecule has 34 heavy (non-hydrogen) atoms. The highest BCUT2D eigenvalue weighted by Crippen LogP contribution is 2.33. The molecule has 0 amide bonds. The Morgan fingerprint density at radius 3 is 2.62 bits per heavy atom. The molecule has 0 spiro atoms. The van der Waals surface area contributed by atoms with Crippen LogP contribution >= 0.6 is 23.4 Å². The SMILES string of the molecule is CCN(CC)S(=O)(=O)c1ccc2c(c1)nc(SCc1c(F)ccc(F)c1Cl)n2C[C@H]1CCCO1. The summed E-state index contributed by atoms with van der Waals surface area (Å²) < 4.78 is 63.3. The van der Waals surface area contributed by atoms with Gasteiger partial charge in [0.05, 0.1) is 33.6 Å². The number of rotatable bonds is 9. The number of hydrogen-bond donors (Lipinski definition) is 0. The van der Waals surface area contributed by atoms with Gasteiger partial charge in [0.2, 0.25) is 10.0 Å². The van der Waals surface area contributed by atoms with Crippen molar-refractivity contribution in [3.63, 3.8) is 0 Å². The van der Waals surface area contributed by atoms with Gasteiger partial charge in [0.1, 0.15) is 11.6 Å². The fourth-order valence-electron chi connectivity index (χ4n) is 4.08. The Morgan fingerprint density at radius 2 is 1.94 bits per heavy atom. The first-order valence-corrected chi connectivity index (χ1v) is 13.9. The predicted octanol–water partition coefficient (Wildman–Crippen LogP) is 5.47. The minimum Gasteiger partial charge on any atom is -0.376 e. The van der Waals surface area contributed by atoms with Crippen LogP contribution in [-0.4, -0.2) is 48.1 Å². The summed E-state index contributed by atoms with van der Waals surface area (Å²) in [5.41, 5.74) is 1.33. The van der Waals surface area contributed by atoms with Gasteiger partial charge in [0.25, 0.3) is 0 Å². The van der Waals surface area contributed by atoms with E-state index in [4.69, 9.17) is 16.3 Å². The molecule has 1 aromatic heterocycles. The summed E-state index contributed by atoms with van der Waals surface area (Å²) in [6, 6.07) is 6.94. The van der Waals surface area contributed by atoms with Crippen molar-refractivity contribution in [1.29, 1.82) is 0 Å². The summed E-state index contributed by atoms with van der Waals surface area (Å²) in [7, 11) is -3.65. The van der Waals surface area contributed by atoms with Crippen molar-refractivity contribution in [2.75, 3.05) is 19.7 Å². The Hall–Kier alpha value is -1.72. The predicted molar refractivity (Wildman–Crippen MR) is 130 cm³/mol. The molecular weight excluding hydrogens is 504 g/mol. The van der Waals surface area contributed by atoms with Crippen LogP contribution < -0.4 is 0 Å². The molecule has 6 nitrogen and oxygen atoms in total. The third-order valence-electron chi connectivity index (χ3n) is 5.92. The molecule has 1 atom stereocenters. The van der Waals surface area contributed by atoms with E-state index in [1.807, 2.05) is 4.57 Å². The van der Waals surface area contributed by atoms with E-state index in [0.29, 0.717) is 36.9 Å². The first-order chi connectivity index (χ1) is 16.3. The fourth-order valence-corrected chi connectivity index (χ4v) is 6.90. The van der Waals surface area contributed by atoms with E-state index in [1.54, 1.807) is 32.0 Å². The van der Waals surface area contributed by atoms with Gasteiger partial charge in [-0.15, -0.1) is 0 Å². The summed E-state index contributed by atoms with van der Waals surface area (Å²) in [6.45, 7) is 5.54. The lowest BCUT2D eigenvalue weighted by Crippen LogP contribution is -2.30. The second-order valence-corrected chi connectivity index (χ2v) is 11.2. The molecular formula is C23H26ClF2N3O3S2. The highest BCUT2D eigenvalue weighted by atomic mass is 35.5. The van der Waals surface area contributed by atoms with E-state index >= 15 is 0 Å². The monoisotopic (exact) mass is 529 g/mol. The molecule has 0 saturated carbocycles. The molecule has 4 rings (SSSR count). The summed E-state index contributed by atoms with van der Waals surface area (Å²) in [6.07, 6.45) is 1.88. The molecule has 1 aliphatic rings. The number of nitrogens with zero attached hydrogens (tertiary/aromatic N) is 3. The molecule has 0 bridgehead atoms. The molecule has 0 radical (unpaired) electrons. The molecule has 1 fully saturated rings. The first-order valence-electron chi connectivity index (χ1n) is 11.1. The van der Waals surface area contributed by atoms with Crippen LogP contribution in [0.4, 0.5) is 8.78 Å². The molecule has 0 unspecified atom stereocenters. The van der Waals surface area contributed by atoms with E-state index < -0.39 is 21.7 Å². The second kappa shape index (κ2) is 10.5. The van der Waals surface area contributed by atoms with Gasteiger partial charge in [0.15, 0.2) is 5.16 Å². The highest BCUT2D eigenvalue weighted by molar-refractivity contribution is 7.98. The number of hydrogen-bond acceptors (Lipinski definition) is 5. The zero-order chi connectivity index (χ0) is 24.5. The Labute approximate surface area is 207 Å². The van der Waals surface area contributed by atoms with Crippen LogP contribution in [0.1, 0.15) is 32.3 Å². The van der Waals surface area contributed by atoms with Gasteiger partial charge in [0, 0.05) is 31.0 Å². The number of benzene rings is 2. The van der Waals surface area contributed by atoms with Crippen LogP contribution in [0.5, 0.6) is 0 Å². The zero-order valence-corrected chi connectivity index (χ0v) is 21.3. The topological polar surface area (TPSA) is 64.4 Å². The lowest BCUT2D eigenvalue weighted by atomic mass is 10.2. The highest BCUT2D eigenvalue weighted by Gasteiger charge is 2.25. The van der Waals surface area contributed by atoms with Crippen molar-refractivity contribution in [3.05, 3.63) is 52.6 Å². The van der Waals surface area contributed by atoms with Crippen molar-refractivity contribution >= 4 is 44.4 Å². The third-order valence-corrected chi connectivity index (χ3v) is 9.38. The second-order valence-electron chi connectivity index (χ2n) is 7.99. The summed E-state index contributed by atoms with van der Waals surface area (Å²) in [5, 5.41) is 0.310. The summed E-state index contributed by atoms with van der Waals surface area (Å²) in [4.78, 5) is 4.83. The van der Waals surface area contributed by atoms with Gasteiger partial charge in [-0.2, -0.15) is 4.31 Å². The maximum atomic E-state index is 14.3. The third kappa shape index (κ3) is 4.97. The smallest absolute Gasteiger partial charge is 0.243 e. The Kier molecular flexibility index (Phi) is 7.83. The van der Waals surface area contributed by atoms with Gasteiger partial charge in [-0.3, -0.25) is 0 Å². The van der Waals surface area contributed by atoms with E-state index in [0.717, 1.165) is 30.5 Å². The van der Waals surface area contributed by atoms with Crippen molar-refractivity contribution < 1.29 is 21.9 Å². The van der Waals surface area contributed by atoms with E-state index in [9.17, 15) is 17.2 Å². The first kappa shape index (κ1) is 25.4. The number of sulfonamides is 1. The normalized spacial score (nSPS) is 16.7. The minimum absolute atomic E-state index is 0.00493. The summed E-state index contributed by atoms with van der Waals surface area (Å²) in [5.74, 6) is -1.20. The van der Waals surface area contributed by atoms with Crippen LogP contribution in [-0.2, 0) is 27.1 Å². The summed E-state index contributed by atoms with van der Waals surface area (Å²) >= 11 is 7.22. The van der Waals surface area contributed by atoms with Gasteiger partial charge < -0.3 is 9.30 Å². The molecule has 184 valence electrons. The Morgan fingerprint density at radius 1 is 1.21 bits per heavy atom. The standard InChI is InChI=1S/C23H26ClF2N3O3S2/c1-3-28(4-2)34(30,31)16-7-10-21-20(12-16)27-23(29(21)13-15-6-5-11-32-15)33-14-17-18(25)8-9-19(26)22(17)24/h7-10,12,15H,3-6,11,13-14H2,1-2H3/t15-/m1/s1. The number of ether oxygens (including phenoxy) is 1. The minimum atomic E-state index is -3.65. The number of aromatic nitrogens is 2. The fraction of sp³-hybridized carbons (Fsp3) is 0.435. The Bertz CT molecular complexity index is 1290.